The molecule has 1 heterocycles. The van der Waals surface area contributed by atoms with Crippen LogP contribution in [0.2, 0.25) is 5.02 Å². The minimum atomic E-state index is -0.712. The van der Waals surface area contributed by atoms with Crippen molar-refractivity contribution in [3.8, 4) is 0 Å². The first-order valence-electron chi connectivity index (χ1n) is 8.77. The summed E-state index contributed by atoms with van der Waals surface area (Å²) >= 11 is 5.92. The van der Waals surface area contributed by atoms with Gasteiger partial charge in [-0.05, 0) is 42.0 Å². The lowest BCUT2D eigenvalue weighted by Gasteiger charge is -2.24. The third kappa shape index (κ3) is 3.53. The standard InChI is InChI=1S/C22H21ClN2O3/c1-4-13-25-19(14-7-11-17(12-8-14)24(2)3)18(21(27)22(25)28)20(26)15-5-9-16(23)10-6-15/h4-12,19,26H,1,13H2,2-3H3/b20-18+/t19-/m0/s1. The maximum Gasteiger partial charge on any atom is 0.295 e. The van der Waals surface area contributed by atoms with Crippen LogP contribution in [0.1, 0.15) is 17.2 Å². The number of halogens is 1. The number of rotatable bonds is 5. The van der Waals surface area contributed by atoms with Gasteiger partial charge in [0.15, 0.2) is 0 Å². The summed E-state index contributed by atoms with van der Waals surface area (Å²) in [6.07, 6.45) is 1.56. The summed E-state index contributed by atoms with van der Waals surface area (Å²) < 4.78 is 0. The highest BCUT2D eigenvalue weighted by Gasteiger charge is 2.45. The number of Topliss-reactive ketones (excluding diaryl/α,β-unsaturated/α-hetero) is 1. The van der Waals surface area contributed by atoms with E-state index in [2.05, 4.69) is 6.58 Å². The second kappa shape index (κ2) is 7.90. The fourth-order valence-corrected chi connectivity index (χ4v) is 3.40. The van der Waals surface area contributed by atoms with E-state index < -0.39 is 17.7 Å². The minimum Gasteiger partial charge on any atom is -0.507 e. The summed E-state index contributed by atoms with van der Waals surface area (Å²) in [5.41, 5.74) is 2.21. The van der Waals surface area contributed by atoms with Crippen LogP contribution in [0.15, 0.2) is 66.8 Å². The van der Waals surface area contributed by atoms with Crippen LogP contribution in [-0.4, -0.2) is 42.3 Å². The Hall–Kier alpha value is -3.05. The Morgan fingerprint density at radius 1 is 1.14 bits per heavy atom. The van der Waals surface area contributed by atoms with Crippen LogP contribution in [0.25, 0.3) is 5.76 Å². The molecule has 1 N–H and O–H groups in total. The largest absolute Gasteiger partial charge is 0.507 e. The maximum absolute atomic E-state index is 12.8. The number of ketones is 1. The van der Waals surface area contributed by atoms with Crippen molar-refractivity contribution < 1.29 is 14.7 Å². The van der Waals surface area contributed by atoms with Gasteiger partial charge in [0.1, 0.15) is 5.76 Å². The molecule has 0 aromatic heterocycles. The lowest BCUT2D eigenvalue weighted by atomic mass is 9.95. The number of amides is 1. The van der Waals surface area contributed by atoms with E-state index in [1.807, 2.05) is 43.3 Å². The molecule has 5 nitrogen and oxygen atoms in total. The van der Waals surface area contributed by atoms with E-state index in [4.69, 9.17) is 11.6 Å². The molecule has 0 spiro atoms. The number of aliphatic hydroxyl groups excluding tert-OH is 1. The molecule has 1 fully saturated rings. The van der Waals surface area contributed by atoms with Gasteiger partial charge < -0.3 is 14.9 Å². The number of anilines is 1. The Morgan fingerprint density at radius 3 is 2.29 bits per heavy atom. The second-order valence-electron chi connectivity index (χ2n) is 6.73. The van der Waals surface area contributed by atoms with E-state index in [0.717, 1.165) is 11.3 Å². The molecule has 28 heavy (non-hydrogen) atoms. The fourth-order valence-electron chi connectivity index (χ4n) is 3.27. The molecule has 1 saturated heterocycles. The molecule has 1 aliphatic heterocycles. The van der Waals surface area contributed by atoms with Crippen LogP contribution >= 0.6 is 11.6 Å². The molecule has 0 saturated carbocycles. The Balaban J connectivity index is 2.15. The van der Waals surface area contributed by atoms with Crippen molar-refractivity contribution in [1.82, 2.24) is 4.90 Å². The smallest absolute Gasteiger partial charge is 0.295 e. The van der Waals surface area contributed by atoms with Crippen LogP contribution in [-0.2, 0) is 9.59 Å². The van der Waals surface area contributed by atoms with Gasteiger partial charge in [-0.2, -0.15) is 0 Å². The molecule has 1 aliphatic rings. The molecule has 2 aromatic rings. The topological polar surface area (TPSA) is 60.9 Å². The molecular formula is C22H21ClN2O3. The van der Waals surface area contributed by atoms with Gasteiger partial charge in [0.05, 0.1) is 11.6 Å². The van der Waals surface area contributed by atoms with Crippen molar-refractivity contribution in [2.24, 2.45) is 0 Å². The van der Waals surface area contributed by atoms with Crippen molar-refractivity contribution in [3.63, 3.8) is 0 Å². The van der Waals surface area contributed by atoms with Crippen LogP contribution in [0, 0.1) is 0 Å². The second-order valence-corrected chi connectivity index (χ2v) is 7.17. The molecule has 0 aliphatic carbocycles. The highest BCUT2D eigenvalue weighted by Crippen LogP contribution is 2.39. The Morgan fingerprint density at radius 2 is 1.75 bits per heavy atom. The van der Waals surface area contributed by atoms with Crippen molar-refractivity contribution in [2.75, 3.05) is 25.5 Å². The molecule has 1 atom stereocenters. The van der Waals surface area contributed by atoms with Crippen LogP contribution in [0.5, 0.6) is 0 Å². The highest BCUT2D eigenvalue weighted by molar-refractivity contribution is 6.46. The van der Waals surface area contributed by atoms with E-state index in [-0.39, 0.29) is 17.9 Å². The molecule has 6 heteroatoms. The van der Waals surface area contributed by atoms with Gasteiger partial charge >= 0.3 is 0 Å². The first kappa shape index (κ1) is 19.7. The number of aliphatic hydroxyl groups is 1. The summed E-state index contributed by atoms with van der Waals surface area (Å²) in [6, 6.07) is 13.3. The molecular weight excluding hydrogens is 376 g/mol. The van der Waals surface area contributed by atoms with E-state index in [0.29, 0.717) is 10.6 Å². The molecule has 2 aromatic carbocycles. The van der Waals surface area contributed by atoms with Crippen LogP contribution in [0.3, 0.4) is 0 Å². The number of hydrogen-bond acceptors (Lipinski definition) is 4. The fraction of sp³-hybridized carbons (Fsp3) is 0.182. The monoisotopic (exact) mass is 396 g/mol. The van der Waals surface area contributed by atoms with E-state index in [9.17, 15) is 14.7 Å². The zero-order valence-corrected chi connectivity index (χ0v) is 16.5. The average Bonchev–Trinajstić information content (AvgIpc) is 2.93. The number of likely N-dealkylation sites (tertiary alicyclic amines) is 1. The normalized spacial score (nSPS) is 18.4. The van der Waals surface area contributed by atoms with Crippen LogP contribution < -0.4 is 4.90 Å². The summed E-state index contributed by atoms with van der Waals surface area (Å²) in [5.74, 6) is -1.59. The number of carbonyl (C=O) groups excluding carboxylic acids is 2. The number of carbonyl (C=O) groups is 2. The molecule has 144 valence electrons. The summed E-state index contributed by atoms with van der Waals surface area (Å²) in [4.78, 5) is 28.7. The zero-order chi connectivity index (χ0) is 20.4. The van der Waals surface area contributed by atoms with Gasteiger partial charge in [-0.25, -0.2) is 0 Å². The molecule has 0 unspecified atom stereocenters. The summed E-state index contributed by atoms with van der Waals surface area (Å²) in [7, 11) is 3.86. The van der Waals surface area contributed by atoms with Crippen molar-refractivity contribution in [2.45, 2.75) is 6.04 Å². The van der Waals surface area contributed by atoms with Crippen LogP contribution in [0.4, 0.5) is 5.69 Å². The highest BCUT2D eigenvalue weighted by atomic mass is 35.5. The molecule has 3 rings (SSSR count). The predicted octanol–water partition coefficient (Wildman–Crippen LogP) is 4.01. The SMILES string of the molecule is C=CCN1C(=O)C(=O)/C(=C(/O)c2ccc(Cl)cc2)[C@@H]1c1ccc(N(C)C)cc1. The predicted molar refractivity (Wildman–Crippen MR) is 111 cm³/mol. The van der Waals surface area contributed by atoms with E-state index in [1.165, 1.54) is 4.90 Å². The number of benzene rings is 2. The first-order chi connectivity index (χ1) is 13.3. The summed E-state index contributed by atoms with van der Waals surface area (Å²) in [6.45, 7) is 3.88. The van der Waals surface area contributed by atoms with Gasteiger partial charge in [-0.3, -0.25) is 9.59 Å². The van der Waals surface area contributed by atoms with Gasteiger partial charge in [0, 0.05) is 36.9 Å². The van der Waals surface area contributed by atoms with Gasteiger partial charge in [-0.1, -0.05) is 29.8 Å². The van der Waals surface area contributed by atoms with E-state index >= 15 is 0 Å². The Kier molecular flexibility index (Phi) is 5.56. The van der Waals surface area contributed by atoms with Crippen molar-refractivity contribution in [1.29, 1.82) is 0 Å². The Bertz CT molecular complexity index is 947. The number of nitrogens with zero attached hydrogens (tertiary/aromatic N) is 2. The first-order valence-corrected chi connectivity index (χ1v) is 9.15. The molecule has 1 amide bonds. The average molecular weight is 397 g/mol. The van der Waals surface area contributed by atoms with Crippen molar-refractivity contribution in [3.05, 3.63) is 82.9 Å². The minimum absolute atomic E-state index is 0.0618. The lowest BCUT2D eigenvalue weighted by molar-refractivity contribution is -0.139. The number of hydrogen-bond donors (Lipinski definition) is 1. The zero-order valence-electron chi connectivity index (χ0n) is 15.7. The molecule has 0 radical (unpaired) electrons. The molecule has 0 bridgehead atoms. The van der Waals surface area contributed by atoms with Crippen molar-refractivity contribution >= 4 is 34.7 Å². The van der Waals surface area contributed by atoms with Gasteiger partial charge in [-0.15, -0.1) is 6.58 Å². The van der Waals surface area contributed by atoms with E-state index in [1.54, 1.807) is 30.3 Å². The quantitative estimate of drug-likeness (QED) is 0.359. The Labute approximate surface area is 169 Å². The third-order valence-electron chi connectivity index (χ3n) is 4.71. The third-order valence-corrected chi connectivity index (χ3v) is 4.96. The van der Waals surface area contributed by atoms with Gasteiger partial charge in [0.25, 0.3) is 11.7 Å². The lowest BCUT2D eigenvalue weighted by Crippen LogP contribution is -2.29. The van der Waals surface area contributed by atoms with Gasteiger partial charge in [0.2, 0.25) is 0 Å². The maximum atomic E-state index is 12.8. The summed E-state index contributed by atoms with van der Waals surface area (Å²) in [5, 5.41) is 11.4.